The highest BCUT2D eigenvalue weighted by Gasteiger charge is 2.08. The molecule has 0 unspecified atom stereocenters. The molecule has 0 bridgehead atoms. The van der Waals surface area contributed by atoms with Gasteiger partial charge in [0.25, 0.3) is 0 Å². The Morgan fingerprint density at radius 2 is 2.00 bits per heavy atom. The summed E-state index contributed by atoms with van der Waals surface area (Å²) in [6, 6.07) is 12.2. The van der Waals surface area contributed by atoms with Gasteiger partial charge in [-0.25, -0.2) is 0 Å². The van der Waals surface area contributed by atoms with Crippen LogP contribution in [-0.2, 0) is 19.4 Å². The van der Waals surface area contributed by atoms with Crippen molar-refractivity contribution in [1.82, 2.24) is 19.7 Å². The lowest BCUT2D eigenvalue weighted by Gasteiger charge is -2.03. The zero-order chi connectivity index (χ0) is 13.9. The van der Waals surface area contributed by atoms with Crippen molar-refractivity contribution in [3.05, 3.63) is 47.9 Å². The lowest BCUT2D eigenvalue weighted by atomic mass is 10.2. The highest BCUT2D eigenvalue weighted by Crippen LogP contribution is 2.21. The van der Waals surface area contributed by atoms with E-state index in [1.54, 1.807) is 16.3 Å². The van der Waals surface area contributed by atoms with Gasteiger partial charge in [0, 0.05) is 18.2 Å². The van der Waals surface area contributed by atoms with Crippen LogP contribution in [0.5, 0.6) is 0 Å². The van der Waals surface area contributed by atoms with Crippen molar-refractivity contribution >= 4 is 22.7 Å². The fourth-order valence-corrected chi connectivity index (χ4v) is 2.77. The van der Waals surface area contributed by atoms with Crippen LogP contribution in [0.2, 0.25) is 0 Å². The lowest BCUT2D eigenvalue weighted by Crippen LogP contribution is -1.98. The second-order valence-corrected chi connectivity index (χ2v) is 5.34. The molecule has 0 saturated heterocycles. The van der Waals surface area contributed by atoms with E-state index in [1.807, 2.05) is 31.3 Å². The van der Waals surface area contributed by atoms with Gasteiger partial charge in [-0.1, -0.05) is 36.0 Å². The molecule has 2 heterocycles. The van der Waals surface area contributed by atoms with Crippen molar-refractivity contribution in [3.8, 4) is 0 Å². The first-order valence-corrected chi connectivity index (χ1v) is 7.23. The molecule has 3 aromatic rings. The minimum Gasteiger partial charge on any atom is -0.388 e. The van der Waals surface area contributed by atoms with E-state index in [0.29, 0.717) is 5.82 Å². The van der Waals surface area contributed by atoms with Gasteiger partial charge in [0.05, 0.1) is 11.2 Å². The normalized spacial score (nSPS) is 11.1. The number of pyridine rings is 1. The van der Waals surface area contributed by atoms with Crippen LogP contribution in [-0.4, -0.2) is 24.9 Å². The Labute approximate surface area is 120 Å². The molecule has 1 aromatic carbocycles. The molecule has 2 aromatic heterocycles. The van der Waals surface area contributed by atoms with Crippen molar-refractivity contribution in [2.75, 3.05) is 0 Å². The predicted molar refractivity (Wildman–Crippen MR) is 78.2 cm³/mol. The van der Waals surface area contributed by atoms with Gasteiger partial charge in [0.2, 0.25) is 0 Å². The van der Waals surface area contributed by atoms with E-state index in [-0.39, 0.29) is 6.61 Å². The largest absolute Gasteiger partial charge is 0.388 e. The summed E-state index contributed by atoms with van der Waals surface area (Å²) in [6.07, 6.45) is 0. The highest BCUT2D eigenvalue weighted by atomic mass is 32.2. The average Bonchev–Trinajstić information content (AvgIpc) is 2.85. The Kier molecular flexibility index (Phi) is 3.66. The van der Waals surface area contributed by atoms with E-state index < -0.39 is 0 Å². The summed E-state index contributed by atoms with van der Waals surface area (Å²) in [6.45, 7) is -0.0989. The minimum atomic E-state index is -0.0989. The maximum absolute atomic E-state index is 9.09. The van der Waals surface area contributed by atoms with Gasteiger partial charge in [-0.05, 0) is 12.1 Å². The summed E-state index contributed by atoms with van der Waals surface area (Å²) in [7, 11) is 1.85. The third-order valence-electron chi connectivity index (χ3n) is 3.07. The van der Waals surface area contributed by atoms with Crippen LogP contribution in [0.1, 0.15) is 11.5 Å². The molecule has 102 valence electrons. The molecular formula is C14H14N4OS. The Morgan fingerprint density at radius 1 is 1.15 bits per heavy atom. The molecule has 1 N–H and O–H groups in total. The maximum atomic E-state index is 9.09. The van der Waals surface area contributed by atoms with E-state index in [9.17, 15) is 0 Å². The molecule has 0 spiro atoms. The first-order chi connectivity index (χ1) is 9.78. The number of fused-ring (bicyclic) bond motifs is 1. The van der Waals surface area contributed by atoms with Gasteiger partial charge in [-0.15, -0.1) is 10.2 Å². The third-order valence-corrected chi connectivity index (χ3v) is 4.13. The number of para-hydroxylation sites is 1. The molecule has 0 atom stereocenters. The monoisotopic (exact) mass is 286 g/mol. The number of rotatable bonds is 4. The molecular weight excluding hydrogens is 272 g/mol. The van der Waals surface area contributed by atoms with Crippen molar-refractivity contribution in [2.24, 2.45) is 7.05 Å². The standard InChI is InChI=1S/C14H14N4OS/c1-18-13(8-19)16-17-14(18)20-9-11-7-6-10-4-2-3-5-12(10)15-11/h2-7,19H,8-9H2,1H3. The van der Waals surface area contributed by atoms with E-state index >= 15 is 0 Å². The molecule has 5 nitrogen and oxygen atoms in total. The minimum absolute atomic E-state index is 0.0989. The number of hydrogen-bond donors (Lipinski definition) is 1. The Hall–Kier alpha value is -1.92. The molecule has 6 heteroatoms. The van der Waals surface area contributed by atoms with Crippen molar-refractivity contribution in [1.29, 1.82) is 0 Å². The van der Waals surface area contributed by atoms with E-state index in [4.69, 9.17) is 5.11 Å². The predicted octanol–water partition coefficient (Wildman–Crippen LogP) is 2.15. The smallest absolute Gasteiger partial charge is 0.191 e. The van der Waals surface area contributed by atoms with Crippen LogP contribution in [0, 0.1) is 0 Å². The molecule has 0 saturated carbocycles. The zero-order valence-electron chi connectivity index (χ0n) is 11.0. The summed E-state index contributed by atoms with van der Waals surface area (Å²) in [5.74, 6) is 1.29. The van der Waals surface area contributed by atoms with Crippen LogP contribution in [0.25, 0.3) is 10.9 Å². The van der Waals surface area contributed by atoms with Gasteiger partial charge in [0.15, 0.2) is 11.0 Å². The van der Waals surface area contributed by atoms with Gasteiger partial charge in [0.1, 0.15) is 6.61 Å². The lowest BCUT2D eigenvalue weighted by molar-refractivity contribution is 0.266. The van der Waals surface area contributed by atoms with Crippen molar-refractivity contribution in [3.63, 3.8) is 0 Å². The summed E-state index contributed by atoms with van der Waals surface area (Å²) < 4.78 is 1.80. The number of thioether (sulfide) groups is 1. The van der Waals surface area contributed by atoms with Crippen LogP contribution < -0.4 is 0 Å². The third kappa shape index (κ3) is 2.52. The number of aliphatic hydroxyl groups excluding tert-OH is 1. The van der Waals surface area contributed by atoms with Crippen LogP contribution in [0.4, 0.5) is 0 Å². The summed E-state index contributed by atoms with van der Waals surface area (Å²) in [5, 5.41) is 19.0. The van der Waals surface area contributed by atoms with E-state index in [0.717, 1.165) is 27.5 Å². The highest BCUT2D eigenvalue weighted by molar-refractivity contribution is 7.98. The molecule has 0 aliphatic rings. The molecule has 0 aliphatic heterocycles. The Balaban J connectivity index is 1.77. The molecule has 0 aliphatic carbocycles. The quantitative estimate of drug-likeness (QED) is 0.745. The molecule has 0 fully saturated rings. The maximum Gasteiger partial charge on any atom is 0.191 e. The molecule has 0 radical (unpaired) electrons. The van der Waals surface area contributed by atoms with Gasteiger partial charge < -0.3 is 9.67 Å². The summed E-state index contributed by atoms with van der Waals surface area (Å²) in [4.78, 5) is 4.62. The second kappa shape index (κ2) is 5.60. The number of hydrogen-bond acceptors (Lipinski definition) is 5. The first kappa shape index (κ1) is 13.1. The van der Waals surface area contributed by atoms with Gasteiger partial charge in [-0.3, -0.25) is 4.98 Å². The number of nitrogens with zero attached hydrogens (tertiary/aromatic N) is 4. The topological polar surface area (TPSA) is 63.8 Å². The van der Waals surface area contributed by atoms with Crippen molar-refractivity contribution < 1.29 is 5.11 Å². The van der Waals surface area contributed by atoms with Gasteiger partial charge in [-0.2, -0.15) is 0 Å². The zero-order valence-corrected chi connectivity index (χ0v) is 11.8. The SMILES string of the molecule is Cn1c(CO)nnc1SCc1ccc2ccccc2n1. The van der Waals surface area contributed by atoms with Crippen LogP contribution in [0.15, 0.2) is 41.6 Å². The van der Waals surface area contributed by atoms with E-state index in [2.05, 4.69) is 27.3 Å². The van der Waals surface area contributed by atoms with Crippen molar-refractivity contribution in [2.45, 2.75) is 17.5 Å². The molecule has 0 amide bonds. The molecule has 20 heavy (non-hydrogen) atoms. The summed E-state index contributed by atoms with van der Waals surface area (Å²) >= 11 is 1.56. The number of aliphatic hydroxyl groups is 1. The molecule has 3 rings (SSSR count). The Bertz CT molecular complexity index is 741. The van der Waals surface area contributed by atoms with E-state index in [1.165, 1.54) is 0 Å². The number of benzene rings is 1. The van der Waals surface area contributed by atoms with Crippen LogP contribution in [0.3, 0.4) is 0 Å². The number of aromatic nitrogens is 4. The average molecular weight is 286 g/mol. The fraction of sp³-hybridized carbons (Fsp3) is 0.214. The Morgan fingerprint density at radius 3 is 2.80 bits per heavy atom. The van der Waals surface area contributed by atoms with Crippen LogP contribution >= 0.6 is 11.8 Å². The summed E-state index contributed by atoms with van der Waals surface area (Å²) in [5.41, 5.74) is 2.00. The second-order valence-electron chi connectivity index (χ2n) is 4.40. The fourth-order valence-electron chi connectivity index (χ4n) is 1.94. The van der Waals surface area contributed by atoms with Gasteiger partial charge >= 0.3 is 0 Å². The first-order valence-electron chi connectivity index (χ1n) is 6.24.